The Labute approximate surface area is 156 Å². The minimum absolute atomic E-state index is 0.113. The molecule has 5 nitrogen and oxygen atoms in total. The third kappa shape index (κ3) is 3.96. The van der Waals surface area contributed by atoms with Crippen LogP contribution >= 0.6 is 11.3 Å². The average molecular weight is 414 g/mol. The highest BCUT2D eigenvalue weighted by atomic mass is 32.2. The molecule has 0 bridgehead atoms. The van der Waals surface area contributed by atoms with E-state index in [2.05, 4.69) is 10.3 Å². The molecule has 1 amide bonds. The lowest BCUT2D eigenvalue weighted by Crippen LogP contribution is -2.11. The topological polar surface area (TPSA) is 76.1 Å². The molecule has 2 aromatic heterocycles. The summed E-state index contributed by atoms with van der Waals surface area (Å²) in [7, 11) is -3.35. The zero-order valence-electron chi connectivity index (χ0n) is 14.1. The summed E-state index contributed by atoms with van der Waals surface area (Å²) in [5, 5.41) is 3.09. The number of aryl methyl sites for hydroxylation is 1. The molecule has 0 aliphatic carbocycles. The number of carbonyl (C=O) groups is 1. The van der Waals surface area contributed by atoms with Gasteiger partial charge in [-0.15, -0.1) is 11.3 Å². The van der Waals surface area contributed by atoms with Gasteiger partial charge in [0.2, 0.25) is 0 Å². The standard InChI is InChI=1S/C17H13F3N2O3S2/c1-9-12-7-8-13(17(18,19)20)22-16(12)26-14(9)15(23)21-10-3-5-11(6-4-10)27(2,24)25/h3-8H,1-2H3,(H,21,23). The van der Waals surface area contributed by atoms with E-state index in [9.17, 15) is 26.4 Å². The Hall–Kier alpha value is -2.46. The van der Waals surface area contributed by atoms with E-state index in [1.165, 1.54) is 30.3 Å². The van der Waals surface area contributed by atoms with Gasteiger partial charge in [0.05, 0.1) is 9.77 Å². The number of fused-ring (bicyclic) bond motifs is 1. The molecule has 0 spiro atoms. The monoisotopic (exact) mass is 414 g/mol. The highest BCUT2D eigenvalue weighted by Gasteiger charge is 2.33. The van der Waals surface area contributed by atoms with E-state index in [0.29, 0.717) is 16.6 Å². The lowest BCUT2D eigenvalue weighted by molar-refractivity contribution is -0.140. The fourth-order valence-corrected chi connectivity index (χ4v) is 4.15. The summed E-state index contributed by atoms with van der Waals surface area (Å²) in [5.74, 6) is -0.504. The molecule has 10 heteroatoms. The fraction of sp³-hybridized carbons (Fsp3) is 0.176. The van der Waals surface area contributed by atoms with Crippen LogP contribution in [0.5, 0.6) is 0 Å². The number of pyridine rings is 1. The number of hydrogen-bond donors (Lipinski definition) is 1. The molecule has 27 heavy (non-hydrogen) atoms. The zero-order chi connectivity index (χ0) is 20.0. The van der Waals surface area contributed by atoms with Gasteiger partial charge in [-0.2, -0.15) is 13.2 Å². The molecule has 1 aromatic carbocycles. The maximum absolute atomic E-state index is 12.8. The van der Waals surface area contributed by atoms with E-state index in [4.69, 9.17) is 0 Å². The normalized spacial score (nSPS) is 12.3. The van der Waals surface area contributed by atoms with Gasteiger partial charge in [0.15, 0.2) is 9.84 Å². The Balaban J connectivity index is 1.90. The van der Waals surface area contributed by atoms with Gasteiger partial charge in [0.25, 0.3) is 5.91 Å². The molecule has 1 N–H and O–H groups in total. The van der Waals surface area contributed by atoms with Gasteiger partial charge in [-0.05, 0) is 48.9 Å². The van der Waals surface area contributed by atoms with Crippen molar-refractivity contribution in [2.24, 2.45) is 0 Å². The number of aromatic nitrogens is 1. The molecular weight excluding hydrogens is 401 g/mol. The van der Waals surface area contributed by atoms with Crippen molar-refractivity contribution < 1.29 is 26.4 Å². The summed E-state index contributed by atoms with van der Waals surface area (Å²) >= 11 is 0.870. The summed E-state index contributed by atoms with van der Waals surface area (Å²) in [6.45, 7) is 1.63. The van der Waals surface area contributed by atoms with Crippen LogP contribution in [0.2, 0.25) is 0 Å². The van der Waals surface area contributed by atoms with Gasteiger partial charge in [-0.3, -0.25) is 4.79 Å². The Morgan fingerprint density at radius 1 is 1.11 bits per heavy atom. The average Bonchev–Trinajstić information content (AvgIpc) is 2.90. The molecular formula is C17H13F3N2O3S2. The Kier molecular flexibility index (Phi) is 4.73. The second-order valence-electron chi connectivity index (χ2n) is 5.85. The second kappa shape index (κ2) is 6.61. The van der Waals surface area contributed by atoms with Crippen LogP contribution < -0.4 is 5.32 Å². The molecule has 0 unspecified atom stereocenters. The van der Waals surface area contributed by atoms with Crippen LogP contribution in [0.25, 0.3) is 10.2 Å². The van der Waals surface area contributed by atoms with Crippen molar-refractivity contribution in [2.75, 3.05) is 11.6 Å². The highest BCUT2D eigenvalue weighted by molar-refractivity contribution is 7.90. The number of nitrogens with one attached hydrogen (secondary N) is 1. The Morgan fingerprint density at radius 2 is 1.74 bits per heavy atom. The molecule has 2 heterocycles. The first-order valence-corrected chi connectivity index (χ1v) is 10.3. The quantitative estimate of drug-likeness (QED) is 0.694. The number of hydrogen-bond acceptors (Lipinski definition) is 5. The summed E-state index contributed by atoms with van der Waals surface area (Å²) in [6.07, 6.45) is -3.49. The van der Waals surface area contributed by atoms with Crippen molar-refractivity contribution >= 4 is 43.0 Å². The zero-order valence-corrected chi connectivity index (χ0v) is 15.7. The van der Waals surface area contributed by atoms with Crippen LogP contribution in [0, 0.1) is 6.92 Å². The number of nitrogens with zero attached hydrogens (tertiary/aromatic N) is 1. The summed E-state index contributed by atoms with van der Waals surface area (Å²) in [6, 6.07) is 7.79. The third-order valence-corrected chi connectivity index (χ3v) is 6.17. The van der Waals surface area contributed by atoms with Crippen molar-refractivity contribution in [1.82, 2.24) is 4.98 Å². The molecule has 0 aliphatic heterocycles. The molecule has 142 valence electrons. The van der Waals surface area contributed by atoms with Crippen molar-refractivity contribution in [3.63, 3.8) is 0 Å². The van der Waals surface area contributed by atoms with Crippen molar-refractivity contribution in [1.29, 1.82) is 0 Å². The lowest BCUT2D eigenvalue weighted by atomic mass is 10.1. The number of carbonyl (C=O) groups excluding carboxylic acids is 1. The summed E-state index contributed by atoms with van der Waals surface area (Å²) in [4.78, 5) is 16.6. The predicted molar refractivity (Wildman–Crippen MR) is 96.9 cm³/mol. The molecule has 0 aliphatic rings. The van der Waals surface area contributed by atoms with Crippen LogP contribution in [-0.4, -0.2) is 25.6 Å². The Bertz CT molecular complexity index is 1130. The van der Waals surface area contributed by atoms with Crippen molar-refractivity contribution in [2.45, 2.75) is 18.0 Å². The number of amides is 1. The minimum atomic E-state index is -4.56. The smallest absolute Gasteiger partial charge is 0.321 e. The largest absolute Gasteiger partial charge is 0.433 e. The van der Waals surface area contributed by atoms with E-state index in [0.717, 1.165) is 23.7 Å². The molecule has 0 saturated heterocycles. The number of rotatable bonds is 3. The molecule has 0 atom stereocenters. The van der Waals surface area contributed by atoms with Gasteiger partial charge in [0.1, 0.15) is 10.5 Å². The number of thiophene rings is 1. The summed E-state index contributed by atoms with van der Waals surface area (Å²) < 4.78 is 61.3. The van der Waals surface area contributed by atoms with E-state index in [-0.39, 0.29) is 14.6 Å². The SMILES string of the molecule is Cc1c(C(=O)Nc2ccc(S(C)(=O)=O)cc2)sc2nc(C(F)(F)F)ccc12. The van der Waals surface area contributed by atoms with E-state index in [1.54, 1.807) is 6.92 Å². The molecule has 0 radical (unpaired) electrons. The fourth-order valence-electron chi connectivity index (χ4n) is 2.45. The van der Waals surface area contributed by atoms with E-state index >= 15 is 0 Å². The third-order valence-electron chi connectivity index (χ3n) is 3.84. The van der Waals surface area contributed by atoms with Gasteiger partial charge in [-0.25, -0.2) is 13.4 Å². The number of halogens is 3. The van der Waals surface area contributed by atoms with Crippen LogP contribution in [0.4, 0.5) is 18.9 Å². The molecule has 0 saturated carbocycles. The maximum atomic E-state index is 12.8. The van der Waals surface area contributed by atoms with Crippen LogP contribution in [0.3, 0.4) is 0 Å². The number of alkyl halides is 3. The number of anilines is 1. The van der Waals surface area contributed by atoms with Crippen LogP contribution in [0.15, 0.2) is 41.3 Å². The number of sulfone groups is 1. The van der Waals surface area contributed by atoms with E-state index in [1.807, 2.05) is 0 Å². The van der Waals surface area contributed by atoms with E-state index < -0.39 is 27.6 Å². The maximum Gasteiger partial charge on any atom is 0.433 e. The predicted octanol–water partition coefficient (Wildman–Crippen LogP) is 4.28. The van der Waals surface area contributed by atoms with Crippen molar-refractivity contribution in [3.05, 3.63) is 52.5 Å². The number of benzene rings is 1. The lowest BCUT2D eigenvalue weighted by Gasteiger charge is -2.05. The first kappa shape index (κ1) is 19.3. The van der Waals surface area contributed by atoms with Crippen LogP contribution in [0.1, 0.15) is 20.9 Å². The van der Waals surface area contributed by atoms with Gasteiger partial charge < -0.3 is 5.32 Å². The first-order valence-electron chi connectivity index (χ1n) is 7.55. The highest BCUT2D eigenvalue weighted by Crippen LogP contribution is 2.34. The molecule has 3 rings (SSSR count). The molecule has 3 aromatic rings. The van der Waals surface area contributed by atoms with Gasteiger partial charge in [0, 0.05) is 17.3 Å². The van der Waals surface area contributed by atoms with Gasteiger partial charge >= 0.3 is 6.18 Å². The second-order valence-corrected chi connectivity index (χ2v) is 8.87. The minimum Gasteiger partial charge on any atom is -0.321 e. The Morgan fingerprint density at radius 3 is 2.30 bits per heavy atom. The molecule has 0 fully saturated rings. The van der Waals surface area contributed by atoms with Gasteiger partial charge in [-0.1, -0.05) is 0 Å². The summed E-state index contributed by atoms with van der Waals surface area (Å²) in [5.41, 5.74) is -0.116. The van der Waals surface area contributed by atoms with Crippen molar-refractivity contribution in [3.8, 4) is 0 Å². The van der Waals surface area contributed by atoms with Crippen LogP contribution in [-0.2, 0) is 16.0 Å². The first-order chi connectivity index (χ1) is 12.5.